The largest absolute Gasteiger partial charge is 0.309 e. The van der Waals surface area contributed by atoms with Crippen molar-refractivity contribution in [2.45, 2.75) is 0 Å². The van der Waals surface area contributed by atoms with E-state index in [4.69, 9.17) is 0 Å². The van der Waals surface area contributed by atoms with Crippen LogP contribution in [0.3, 0.4) is 0 Å². The first-order valence-corrected chi connectivity index (χ1v) is 20.7. The van der Waals surface area contributed by atoms with Crippen molar-refractivity contribution in [1.29, 1.82) is 0 Å². The molecule has 0 radical (unpaired) electrons. The Bertz CT molecular complexity index is 3760. The SMILES string of the molecule is c1ccc2c(c1)sc1ccc3c(c4ccccc4n3-c3ccc(-c4ccc(-n5c6ccccc6c6c7c(ccc65)sc5ccccc57)c5ccccc45)cc3)c12. The molecule has 4 heterocycles. The molecule has 0 aliphatic heterocycles. The smallest absolute Gasteiger partial charge is 0.0548 e. The predicted octanol–water partition coefficient (Wildman–Crippen LogP) is 15.4. The maximum atomic E-state index is 2.49. The van der Waals surface area contributed by atoms with Crippen LogP contribution in [-0.2, 0) is 0 Å². The monoisotopic (exact) mass is 746 g/mol. The lowest BCUT2D eigenvalue weighted by atomic mass is 9.96. The van der Waals surface area contributed by atoms with Crippen LogP contribution in [0.2, 0.25) is 0 Å². The molecule has 0 bridgehead atoms. The van der Waals surface area contributed by atoms with Gasteiger partial charge in [-0.3, -0.25) is 0 Å². The Labute approximate surface area is 329 Å². The van der Waals surface area contributed by atoms with Crippen molar-refractivity contribution in [2.24, 2.45) is 0 Å². The van der Waals surface area contributed by atoms with E-state index in [2.05, 4.69) is 191 Å². The topological polar surface area (TPSA) is 9.86 Å². The summed E-state index contributed by atoms with van der Waals surface area (Å²) >= 11 is 3.77. The summed E-state index contributed by atoms with van der Waals surface area (Å²) in [6, 6.07) is 67.5. The molecule has 13 rings (SSSR count). The zero-order chi connectivity index (χ0) is 36.5. The summed E-state index contributed by atoms with van der Waals surface area (Å²) in [5.41, 5.74) is 9.74. The molecule has 0 aliphatic carbocycles. The summed E-state index contributed by atoms with van der Waals surface area (Å²) in [6.45, 7) is 0. The van der Waals surface area contributed by atoms with E-state index in [-0.39, 0.29) is 0 Å². The molecule has 4 aromatic heterocycles. The van der Waals surface area contributed by atoms with Crippen LogP contribution in [-0.4, -0.2) is 9.13 Å². The van der Waals surface area contributed by atoms with Crippen LogP contribution in [0, 0.1) is 0 Å². The number of nitrogens with zero attached hydrogens (tertiary/aromatic N) is 2. The molecule has 0 saturated heterocycles. The zero-order valence-corrected chi connectivity index (χ0v) is 31.7. The molecule has 0 unspecified atom stereocenters. The van der Waals surface area contributed by atoms with Gasteiger partial charge in [0.25, 0.3) is 0 Å². The summed E-state index contributed by atoms with van der Waals surface area (Å²) in [6.07, 6.45) is 0. The van der Waals surface area contributed by atoms with Crippen molar-refractivity contribution >= 4 is 117 Å². The Morgan fingerprint density at radius 1 is 0.286 bits per heavy atom. The van der Waals surface area contributed by atoms with Gasteiger partial charge in [0.1, 0.15) is 0 Å². The van der Waals surface area contributed by atoms with E-state index in [1.807, 2.05) is 22.7 Å². The molecule has 0 amide bonds. The molecule has 0 atom stereocenters. The Balaban J connectivity index is 0.994. The first kappa shape index (κ1) is 30.6. The van der Waals surface area contributed by atoms with Gasteiger partial charge in [-0.15, -0.1) is 22.7 Å². The first-order chi connectivity index (χ1) is 27.8. The van der Waals surface area contributed by atoms with Crippen molar-refractivity contribution in [3.63, 3.8) is 0 Å². The average molecular weight is 747 g/mol. The minimum atomic E-state index is 1.16. The van der Waals surface area contributed by atoms with Crippen LogP contribution in [0.15, 0.2) is 182 Å². The standard InChI is InChI=1S/C52H30N2S2/c1-2-12-35-34(11-1)33(25-26-42(35)54-41-18-8-4-14-37(41)50-44(54)28-30-48-52(50)39-16-6-10-20-46(39)56-48)31-21-23-32(24-22-31)53-40-17-7-3-13-36(40)49-43(53)27-29-47-51(49)38-15-5-9-19-45(38)55-47/h1-30H. The predicted molar refractivity (Wildman–Crippen MR) is 244 cm³/mol. The van der Waals surface area contributed by atoms with Gasteiger partial charge in [-0.05, 0) is 83.2 Å². The van der Waals surface area contributed by atoms with Gasteiger partial charge in [0.2, 0.25) is 0 Å². The molecule has 2 nitrogen and oxygen atoms in total. The summed E-state index contributed by atoms with van der Waals surface area (Å²) in [5.74, 6) is 0. The molecule has 56 heavy (non-hydrogen) atoms. The van der Waals surface area contributed by atoms with Crippen LogP contribution < -0.4 is 0 Å². The van der Waals surface area contributed by atoms with Crippen molar-refractivity contribution in [3.8, 4) is 22.5 Å². The van der Waals surface area contributed by atoms with Crippen LogP contribution in [0.4, 0.5) is 0 Å². The second kappa shape index (κ2) is 11.4. The van der Waals surface area contributed by atoms with Crippen LogP contribution >= 0.6 is 22.7 Å². The highest BCUT2D eigenvalue weighted by atomic mass is 32.1. The Morgan fingerprint density at radius 2 is 0.768 bits per heavy atom. The first-order valence-electron chi connectivity index (χ1n) is 19.1. The van der Waals surface area contributed by atoms with E-state index in [0.29, 0.717) is 0 Å². The summed E-state index contributed by atoms with van der Waals surface area (Å²) in [7, 11) is 0. The molecule has 13 aromatic rings. The van der Waals surface area contributed by atoms with Crippen molar-refractivity contribution in [2.75, 3.05) is 0 Å². The van der Waals surface area contributed by atoms with Gasteiger partial charge in [0, 0.05) is 73.0 Å². The number of fused-ring (bicyclic) bond motifs is 15. The van der Waals surface area contributed by atoms with Crippen molar-refractivity contribution in [3.05, 3.63) is 182 Å². The van der Waals surface area contributed by atoms with Crippen molar-refractivity contribution < 1.29 is 0 Å². The molecular formula is C52H30N2S2. The number of benzene rings is 9. The molecule has 0 aliphatic rings. The van der Waals surface area contributed by atoms with E-state index >= 15 is 0 Å². The van der Waals surface area contributed by atoms with Gasteiger partial charge in [-0.1, -0.05) is 115 Å². The Morgan fingerprint density at radius 3 is 1.38 bits per heavy atom. The molecule has 4 heteroatoms. The molecule has 9 aromatic carbocycles. The third-order valence-corrected chi connectivity index (χ3v) is 14.2. The minimum absolute atomic E-state index is 1.16. The van der Waals surface area contributed by atoms with E-state index in [0.717, 1.165) is 5.69 Å². The Hall–Kier alpha value is -6.72. The highest BCUT2D eigenvalue weighted by molar-refractivity contribution is 7.26. The summed E-state index contributed by atoms with van der Waals surface area (Å²) in [5, 5.41) is 13.1. The maximum Gasteiger partial charge on any atom is 0.0548 e. The second-order valence-electron chi connectivity index (χ2n) is 14.8. The lowest BCUT2D eigenvalue weighted by Gasteiger charge is -2.15. The van der Waals surface area contributed by atoms with E-state index in [1.54, 1.807) is 0 Å². The highest BCUT2D eigenvalue weighted by Gasteiger charge is 2.21. The lowest BCUT2D eigenvalue weighted by molar-refractivity contribution is 1.18. The van der Waals surface area contributed by atoms with Gasteiger partial charge in [-0.2, -0.15) is 0 Å². The zero-order valence-electron chi connectivity index (χ0n) is 30.0. The number of rotatable bonds is 3. The normalized spacial score (nSPS) is 12.3. The van der Waals surface area contributed by atoms with Gasteiger partial charge >= 0.3 is 0 Å². The molecule has 260 valence electrons. The summed E-state index contributed by atoms with van der Waals surface area (Å²) in [4.78, 5) is 0. The van der Waals surface area contributed by atoms with E-state index in [9.17, 15) is 0 Å². The summed E-state index contributed by atoms with van der Waals surface area (Å²) < 4.78 is 10.3. The van der Waals surface area contributed by atoms with Gasteiger partial charge < -0.3 is 9.13 Å². The third kappa shape index (κ3) is 4.09. The number of aromatic nitrogens is 2. The fourth-order valence-corrected chi connectivity index (χ4v) is 11.8. The molecular weight excluding hydrogens is 717 g/mol. The molecule has 0 N–H and O–H groups in total. The number of thiophene rings is 2. The number of hydrogen-bond donors (Lipinski definition) is 0. The van der Waals surface area contributed by atoms with Gasteiger partial charge in [-0.25, -0.2) is 0 Å². The fraction of sp³-hybridized carbons (Fsp3) is 0. The maximum absolute atomic E-state index is 2.49. The number of hydrogen-bond acceptors (Lipinski definition) is 2. The lowest BCUT2D eigenvalue weighted by Crippen LogP contribution is -1.97. The van der Waals surface area contributed by atoms with E-state index in [1.165, 1.54) is 112 Å². The number of para-hydroxylation sites is 2. The average Bonchev–Trinajstić information content (AvgIpc) is 4.01. The molecule has 0 saturated carbocycles. The second-order valence-corrected chi connectivity index (χ2v) is 17.0. The Kier molecular flexibility index (Phi) is 6.23. The van der Waals surface area contributed by atoms with Crippen molar-refractivity contribution in [1.82, 2.24) is 9.13 Å². The van der Waals surface area contributed by atoms with Gasteiger partial charge in [0.05, 0.1) is 27.8 Å². The quantitative estimate of drug-likeness (QED) is 0.170. The molecule has 0 spiro atoms. The minimum Gasteiger partial charge on any atom is -0.309 e. The molecule has 0 fully saturated rings. The van der Waals surface area contributed by atoms with Crippen LogP contribution in [0.1, 0.15) is 0 Å². The fourth-order valence-electron chi connectivity index (χ4n) is 9.61. The van der Waals surface area contributed by atoms with Crippen LogP contribution in [0.25, 0.3) is 117 Å². The van der Waals surface area contributed by atoms with E-state index < -0.39 is 0 Å². The third-order valence-electron chi connectivity index (χ3n) is 11.9. The van der Waals surface area contributed by atoms with Gasteiger partial charge in [0.15, 0.2) is 0 Å². The van der Waals surface area contributed by atoms with Crippen LogP contribution in [0.5, 0.6) is 0 Å². The highest BCUT2D eigenvalue weighted by Crippen LogP contribution is 2.46.